The number of imide groups is 2. The van der Waals surface area contributed by atoms with Crippen LogP contribution in [0.5, 0.6) is 11.5 Å². The topological polar surface area (TPSA) is 84.9 Å². The van der Waals surface area contributed by atoms with E-state index in [-0.39, 0.29) is 12.2 Å². The fourth-order valence-electron chi connectivity index (χ4n) is 3.66. The summed E-state index contributed by atoms with van der Waals surface area (Å²) in [6.07, 6.45) is 1.40. The number of rotatable bonds is 7. The molecular weight excluding hydrogens is 503 g/mol. The molecule has 184 valence electrons. The van der Waals surface area contributed by atoms with Gasteiger partial charge in [0.2, 0.25) is 0 Å². The number of ether oxygens (including phenoxy) is 2. The molecule has 1 heterocycles. The Bertz CT molecular complexity index is 1390. The van der Waals surface area contributed by atoms with Crippen LogP contribution in [0.2, 0.25) is 10.0 Å². The Morgan fingerprint density at radius 2 is 1.69 bits per heavy atom. The Morgan fingerprint density at radius 1 is 0.917 bits per heavy atom. The van der Waals surface area contributed by atoms with Crippen LogP contribution in [0.3, 0.4) is 0 Å². The van der Waals surface area contributed by atoms with E-state index in [9.17, 15) is 14.4 Å². The highest BCUT2D eigenvalue weighted by atomic mass is 35.5. The van der Waals surface area contributed by atoms with E-state index in [4.69, 9.17) is 32.7 Å². The van der Waals surface area contributed by atoms with Crippen LogP contribution in [-0.4, -0.2) is 24.5 Å². The molecule has 0 atom stereocenters. The summed E-state index contributed by atoms with van der Waals surface area (Å²) in [5.74, 6) is -0.616. The van der Waals surface area contributed by atoms with E-state index in [1.54, 1.807) is 43.3 Å². The Kier molecular flexibility index (Phi) is 7.62. The number of hydrogen-bond donors (Lipinski definition) is 1. The molecule has 7 nitrogen and oxygen atoms in total. The summed E-state index contributed by atoms with van der Waals surface area (Å²) in [4.78, 5) is 39.2. The molecule has 1 saturated heterocycles. The van der Waals surface area contributed by atoms with Gasteiger partial charge < -0.3 is 9.47 Å². The van der Waals surface area contributed by atoms with Crippen LogP contribution in [-0.2, 0) is 16.2 Å². The highest BCUT2D eigenvalue weighted by Gasteiger charge is 2.37. The summed E-state index contributed by atoms with van der Waals surface area (Å²) in [6, 6.07) is 16.4. The average molecular weight is 525 g/mol. The third-order valence-corrected chi connectivity index (χ3v) is 5.85. The van der Waals surface area contributed by atoms with Gasteiger partial charge in [0, 0.05) is 10.0 Å². The van der Waals surface area contributed by atoms with Crippen molar-refractivity contribution in [3.8, 4) is 11.5 Å². The largest absolute Gasteiger partial charge is 0.490 e. The van der Waals surface area contributed by atoms with Crippen molar-refractivity contribution in [1.82, 2.24) is 5.32 Å². The van der Waals surface area contributed by atoms with Crippen LogP contribution in [0, 0.1) is 6.92 Å². The molecule has 3 aromatic rings. The number of carbonyl (C=O) groups excluding carboxylic acids is 3. The minimum Gasteiger partial charge on any atom is -0.490 e. The number of halogens is 2. The molecule has 0 aliphatic carbocycles. The number of hydrogen-bond acceptors (Lipinski definition) is 5. The molecule has 0 saturated carbocycles. The zero-order chi connectivity index (χ0) is 25.8. The molecule has 4 rings (SSSR count). The lowest BCUT2D eigenvalue weighted by Crippen LogP contribution is -2.54. The van der Waals surface area contributed by atoms with Crippen molar-refractivity contribution in [3.63, 3.8) is 0 Å². The van der Waals surface area contributed by atoms with Crippen molar-refractivity contribution < 1.29 is 23.9 Å². The lowest BCUT2D eigenvalue weighted by atomic mass is 10.1. The molecule has 0 bridgehead atoms. The Labute approximate surface area is 218 Å². The number of aryl methyl sites for hydroxylation is 1. The van der Waals surface area contributed by atoms with Crippen molar-refractivity contribution in [3.05, 3.63) is 93.0 Å². The molecule has 0 spiro atoms. The van der Waals surface area contributed by atoms with Gasteiger partial charge in [-0.2, -0.15) is 0 Å². The molecule has 1 fully saturated rings. The van der Waals surface area contributed by atoms with E-state index in [1.165, 1.54) is 12.1 Å². The Balaban J connectivity index is 1.63. The van der Waals surface area contributed by atoms with Gasteiger partial charge in [-0.05, 0) is 73.0 Å². The summed E-state index contributed by atoms with van der Waals surface area (Å²) in [7, 11) is 0. The van der Waals surface area contributed by atoms with E-state index in [0.717, 1.165) is 10.5 Å². The van der Waals surface area contributed by atoms with Gasteiger partial charge in [-0.15, -0.1) is 0 Å². The van der Waals surface area contributed by atoms with Gasteiger partial charge >= 0.3 is 6.03 Å². The van der Waals surface area contributed by atoms with Gasteiger partial charge in [-0.25, -0.2) is 9.69 Å². The quantitative estimate of drug-likeness (QED) is 0.305. The monoisotopic (exact) mass is 524 g/mol. The van der Waals surface area contributed by atoms with Gasteiger partial charge in [0.1, 0.15) is 12.2 Å². The lowest BCUT2D eigenvalue weighted by molar-refractivity contribution is -0.122. The maximum Gasteiger partial charge on any atom is 0.335 e. The molecular formula is C27H22Cl2N2O5. The van der Waals surface area contributed by atoms with Gasteiger partial charge in [-0.1, -0.05) is 47.5 Å². The number of urea groups is 1. The van der Waals surface area contributed by atoms with Crippen LogP contribution >= 0.6 is 23.2 Å². The maximum atomic E-state index is 13.2. The molecule has 9 heteroatoms. The van der Waals surface area contributed by atoms with Crippen molar-refractivity contribution >= 4 is 52.8 Å². The summed E-state index contributed by atoms with van der Waals surface area (Å²) >= 11 is 12.1. The van der Waals surface area contributed by atoms with Crippen molar-refractivity contribution in [2.24, 2.45) is 0 Å². The minimum atomic E-state index is -0.840. The van der Waals surface area contributed by atoms with Crippen molar-refractivity contribution in [2.75, 3.05) is 11.5 Å². The number of anilines is 1. The number of nitrogens with one attached hydrogen (secondary N) is 1. The second kappa shape index (κ2) is 10.8. The predicted octanol–water partition coefficient (Wildman–Crippen LogP) is 5.95. The zero-order valence-corrected chi connectivity index (χ0v) is 21.0. The highest BCUT2D eigenvalue weighted by Crippen LogP contribution is 2.32. The molecule has 3 aromatic carbocycles. The van der Waals surface area contributed by atoms with E-state index >= 15 is 0 Å². The molecule has 1 N–H and O–H groups in total. The van der Waals surface area contributed by atoms with Crippen LogP contribution < -0.4 is 19.7 Å². The molecule has 1 aliphatic heterocycles. The average Bonchev–Trinajstić information content (AvgIpc) is 2.83. The number of barbiturate groups is 1. The number of nitrogens with zero attached hydrogens (tertiary/aromatic N) is 1. The number of benzene rings is 3. The van der Waals surface area contributed by atoms with Gasteiger partial charge in [0.05, 0.1) is 12.3 Å². The van der Waals surface area contributed by atoms with Crippen LogP contribution in [0.25, 0.3) is 6.08 Å². The SMILES string of the molecule is CCOc1cc(/C=C2\C(=O)NC(=O)N(c3cc(Cl)ccc3C)C2=O)ccc1OCc1cccc(Cl)c1. The summed E-state index contributed by atoms with van der Waals surface area (Å²) in [5, 5.41) is 3.18. The molecule has 36 heavy (non-hydrogen) atoms. The Hall–Kier alpha value is -3.81. The molecule has 4 amide bonds. The van der Waals surface area contributed by atoms with E-state index in [0.29, 0.717) is 45.0 Å². The summed E-state index contributed by atoms with van der Waals surface area (Å²) < 4.78 is 11.6. The first-order valence-electron chi connectivity index (χ1n) is 11.1. The second-order valence-corrected chi connectivity index (χ2v) is 8.82. The summed E-state index contributed by atoms with van der Waals surface area (Å²) in [6.45, 7) is 4.23. The second-order valence-electron chi connectivity index (χ2n) is 7.95. The zero-order valence-electron chi connectivity index (χ0n) is 19.5. The van der Waals surface area contributed by atoms with E-state index < -0.39 is 17.8 Å². The Morgan fingerprint density at radius 3 is 2.44 bits per heavy atom. The first-order valence-corrected chi connectivity index (χ1v) is 11.8. The van der Waals surface area contributed by atoms with Crippen LogP contribution in [0.15, 0.2) is 66.2 Å². The lowest BCUT2D eigenvalue weighted by Gasteiger charge is -2.27. The molecule has 0 radical (unpaired) electrons. The minimum absolute atomic E-state index is 0.205. The normalized spacial score (nSPS) is 14.7. The standard InChI is InChI=1S/C27H22Cl2N2O5/c1-3-35-24-13-17(8-10-23(24)36-15-18-5-4-6-19(28)11-18)12-21-25(32)30-27(34)31(26(21)33)22-14-20(29)9-7-16(22)2/h4-14H,3,15H2,1-2H3,(H,30,32,34)/b21-12+. The first kappa shape index (κ1) is 25.3. The van der Waals surface area contributed by atoms with Crippen molar-refractivity contribution in [1.29, 1.82) is 0 Å². The van der Waals surface area contributed by atoms with Gasteiger partial charge in [-0.3, -0.25) is 14.9 Å². The highest BCUT2D eigenvalue weighted by molar-refractivity contribution is 6.39. The van der Waals surface area contributed by atoms with Gasteiger partial charge in [0.15, 0.2) is 11.5 Å². The summed E-state index contributed by atoms with van der Waals surface area (Å²) in [5.41, 5.74) is 2.15. The van der Waals surface area contributed by atoms with Crippen LogP contribution in [0.1, 0.15) is 23.6 Å². The van der Waals surface area contributed by atoms with Crippen molar-refractivity contribution in [2.45, 2.75) is 20.5 Å². The van der Waals surface area contributed by atoms with E-state index in [2.05, 4.69) is 5.32 Å². The third-order valence-electron chi connectivity index (χ3n) is 5.38. The number of amides is 4. The van der Waals surface area contributed by atoms with E-state index in [1.807, 2.05) is 25.1 Å². The maximum absolute atomic E-state index is 13.2. The molecule has 0 unspecified atom stereocenters. The predicted molar refractivity (Wildman–Crippen MR) is 139 cm³/mol. The smallest absolute Gasteiger partial charge is 0.335 e. The van der Waals surface area contributed by atoms with Gasteiger partial charge in [0.25, 0.3) is 11.8 Å². The fourth-order valence-corrected chi connectivity index (χ4v) is 4.04. The molecule has 1 aliphatic rings. The first-order chi connectivity index (χ1) is 17.3. The third kappa shape index (κ3) is 5.53. The number of carbonyl (C=O) groups is 3. The molecule has 0 aromatic heterocycles. The fraction of sp³-hybridized carbons (Fsp3) is 0.148. The van der Waals surface area contributed by atoms with Crippen LogP contribution in [0.4, 0.5) is 10.5 Å².